The van der Waals surface area contributed by atoms with Crippen LogP contribution in [-0.4, -0.2) is 81.6 Å². The highest BCUT2D eigenvalue weighted by atomic mass is 35.5. The number of hydrogen-bond donors (Lipinski definition) is 7. The fraction of sp³-hybridized carbons (Fsp3) is 0.231. The minimum atomic E-state index is 0. The largest absolute Gasteiger partial charge is 0.496 e. The summed E-state index contributed by atoms with van der Waals surface area (Å²) in [5.41, 5.74) is 14.0. The number of nitrogens with one attached hydrogen (secondary N) is 5. The molecule has 8 N–H and O–H groups in total. The molecule has 0 saturated carbocycles. The molecule has 55 heavy (non-hydrogen) atoms. The topological polar surface area (TPSA) is 229 Å². The van der Waals surface area contributed by atoms with E-state index in [-0.39, 0.29) is 18.3 Å². The quantitative estimate of drug-likeness (QED) is 0.0310. The maximum atomic E-state index is 8.64. The Morgan fingerprint density at radius 1 is 0.655 bits per heavy atom. The van der Waals surface area contributed by atoms with Gasteiger partial charge in [-0.1, -0.05) is 41.6 Å². The van der Waals surface area contributed by atoms with Crippen LogP contribution < -0.4 is 19.9 Å². The lowest BCUT2D eigenvalue weighted by atomic mass is 10.1. The molecule has 0 spiro atoms. The number of methoxy groups -OCH3 is 4. The fourth-order valence-corrected chi connectivity index (χ4v) is 4.83. The van der Waals surface area contributed by atoms with Gasteiger partial charge in [-0.15, -0.1) is 12.4 Å². The Morgan fingerprint density at radius 2 is 1.07 bits per heavy atom. The maximum absolute atomic E-state index is 8.64. The first-order chi connectivity index (χ1) is 26.0. The number of H-pyrrole nitrogens is 3. The molecule has 3 aromatic heterocycles. The van der Waals surface area contributed by atoms with Crippen LogP contribution in [0.5, 0.6) is 17.2 Å². The number of oxime groups is 1. The number of hydrogen-bond acceptors (Lipinski definition) is 12. The van der Waals surface area contributed by atoms with Crippen LogP contribution in [0.25, 0.3) is 33.8 Å². The van der Waals surface area contributed by atoms with Crippen LogP contribution in [0.3, 0.4) is 0 Å². The molecule has 0 radical (unpaired) electrons. The Hall–Kier alpha value is -6.61. The van der Waals surface area contributed by atoms with Crippen LogP contribution in [0.2, 0.25) is 0 Å². The molecule has 6 rings (SSSR count). The summed E-state index contributed by atoms with van der Waals surface area (Å²) < 4.78 is 20.1. The molecule has 0 aliphatic carbocycles. The van der Waals surface area contributed by atoms with Gasteiger partial charge in [-0.2, -0.15) is 15.3 Å². The minimum Gasteiger partial charge on any atom is -0.496 e. The van der Waals surface area contributed by atoms with E-state index >= 15 is 0 Å². The zero-order valence-corrected chi connectivity index (χ0v) is 32.7. The zero-order valence-electron chi connectivity index (χ0n) is 31.9. The summed E-state index contributed by atoms with van der Waals surface area (Å²) in [4.78, 5) is 0. The van der Waals surface area contributed by atoms with Gasteiger partial charge in [-0.25, -0.2) is 0 Å². The third-order valence-electron chi connectivity index (χ3n) is 7.40. The van der Waals surface area contributed by atoms with Gasteiger partial charge in [0, 0.05) is 59.6 Å². The third-order valence-corrected chi connectivity index (χ3v) is 7.40. The fourth-order valence-electron chi connectivity index (χ4n) is 4.83. The first-order valence-electron chi connectivity index (χ1n) is 16.6. The van der Waals surface area contributed by atoms with Crippen molar-refractivity contribution in [3.05, 3.63) is 102 Å². The summed E-state index contributed by atoms with van der Waals surface area (Å²) in [7, 11) is 6.39. The van der Waals surface area contributed by atoms with Crippen LogP contribution in [0, 0.1) is 10.8 Å². The summed E-state index contributed by atoms with van der Waals surface area (Å²) in [6.45, 7) is 5.12. The monoisotopic (exact) mass is 772 g/mol. The predicted octanol–water partition coefficient (Wildman–Crippen LogP) is 7.86. The van der Waals surface area contributed by atoms with Crippen molar-refractivity contribution in [1.29, 1.82) is 10.8 Å². The summed E-state index contributed by atoms with van der Waals surface area (Å²) in [6, 6.07) is 28.8. The predicted molar refractivity (Wildman–Crippen MR) is 220 cm³/mol. The van der Waals surface area contributed by atoms with Crippen molar-refractivity contribution < 1.29 is 24.2 Å². The number of benzene rings is 3. The summed E-state index contributed by atoms with van der Waals surface area (Å²) in [5.74, 6) is 3.12. The molecule has 3 heterocycles. The standard InChI is InChI=1S/C13H15N3O2.C13H15N3O.C10H11N3O.C3H7NO.ClH/c1-9(16-17)7-10-8-12(15-14-10)11-5-3-4-6-13(11)18-2;1-9(14)7-10-8-12(16-15-10)11-5-3-4-6-13(11)17-2;1-14-9-5-3-2-4-7(9)8-6-10(11)13-12-8;1-3(4)5-2;/h3-6,8,17H,7H2,1-2H3,(H,14,15);3-6,8,14H,7H2,1-2H3,(H,15,16);2-6H,1H3,(H3,11,12,13);4H,1-2H3;1H/b16-9+;;;;. The molecule has 0 aliphatic rings. The second-order valence-corrected chi connectivity index (χ2v) is 11.6. The number of nitrogens with two attached hydrogens (primary N) is 1. The molecule has 6 aromatic rings. The maximum Gasteiger partial charge on any atom is 0.176 e. The van der Waals surface area contributed by atoms with Crippen molar-refractivity contribution in [2.75, 3.05) is 34.2 Å². The Labute approximate surface area is 326 Å². The van der Waals surface area contributed by atoms with Crippen molar-refractivity contribution in [2.24, 2.45) is 5.16 Å². The van der Waals surface area contributed by atoms with E-state index < -0.39 is 0 Å². The van der Waals surface area contributed by atoms with E-state index in [2.05, 4.69) is 40.5 Å². The molecule has 15 nitrogen and oxygen atoms in total. The molecular formula is C39H49ClN10O5. The van der Waals surface area contributed by atoms with Crippen LogP contribution in [-0.2, 0) is 17.6 Å². The number of para-hydroxylation sites is 3. The van der Waals surface area contributed by atoms with Gasteiger partial charge in [0.15, 0.2) is 5.90 Å². The average molecular weight is 773 g/mol. The molecule has 0 aliphatic heterocycles. The van der Waals surface area contributed by atoms with E-state index in [9.17, 15) is 0 Å². The molecule has 0 saturated heterocycles. The van der Waals surface area contributed by atoms with Crippen LogP contribution >= 0.6 is 12.4 Å². The van der Waals surface area contributed by atoms with E-state index in [4.69, 9.17) is 36.0 Å². The Bertz CT molecular complexity index is 2110. The van der Waals surface area contributed by atoms with Crippen molar-refractivity contribution >= 4 is 35.5 Å². The second kappa shape index (κ2) is 23.1. The SMILES string of the molecule is COC(C)=N.COc1ccccc1-c1cc(C/C(C)=N/O)[nH]n1.COc1ccccc1-c1cc(CC(C)=N)[nH]n1.COc1ccccc1-c1cc(N)n[nH]1.Cl. The van der Waals surface area contributed by atoms with E-state index in [0.717, 1.165) is 62.4 Å². The molecule has 16 heteroatoms. The normalized spacial score (nSPS) is 10.1. The van der Waals surface area contributed by atoms with Crippen molar-refractivity contribution in [3.63, 3.8) is 0 Å². The van der Waals surface area contributed by atoms with Gasteiger partial charge in [0.25, 0.3) is 0 Å². The Kier molecular flexibility index (Phi) is 18.7. The van der Waals surface area contributed by atoms with Gasteiger partial charge in [0.05, 0.1) is 51.2 Å². The Balaban J connectivity index is 0.000000268. The Morgan fingerprint density at radius 3 is 1.45 bits per heavy atom. The first-order valence-corrected chi connectivity index (χ1v) is 16.6. The number of anilines is 1. The number of ether oxygens (including phenoxy) is 4. The number of aromatic amines is 3. The van der Waals surface area contributed by atoms with Crippen molar-refractivity contribution in [3.8, 4) is 51.0 Å². The van der Waals surface area contributed by atoms with Crippen LogP contribution in [0.4, 0.5) is 5.82 Å². The van der Waals surface area contributed by atoms with E-state index in [1.54, 1.807) is 48.2 Å². The van der Waals surface area contributed by atoms with Crippen LogP contribution in [0.1, 0.15) is 32.2 Å². The smallest absolute Gasteiger partial charge is 0.176 e. The highest BCUT2D eigenvalue weighted by Crippen LogP contribution is 2.30. The van der Waals surface area contributed by atoms with E-state index in [1.165, 1.54) is 7.11 Å². The number of aromatic nitrogens is 6. The molecule has 0 fully saturated rings. The van der Waals surface area contributed by atoms with Gasteiger partial charge >= 0.3 is 0 Å². The molecule has 0 amide bonds. The van der Waals surface area contributed by atoms with E-state index in [1.807, 2.05) is 84.9 Å². The molecule has 0 atom stereocenters. The number of rotatable bonds is 10. The lowest BCUT2D eigenvalue weighted by molar-refractivity contribution is 0.317. The highest BCUT2D eigenvalue weighted by Gasteiger charge is 2.11. The van der Waals surface area contributed by atoms with Crippen LogP contribution in [0.15, 0.2) is 96.2 Å². The molecule has 3 aromatic carbocycles. The lowest BCUT2D eigenvalue weighted by Crippen LogP contribution is -1.97. The minimum absolute atomic E-state index is 0. The molecular weight excluding hydrogens is 724 g/mol. The number of halogens is 1. The molecule has 292 valence electrons. The second-order valence-electron chi connectivity index (χ2n) is 11.6. The number of nitrogen functional groups attached to an aromatic ring is 1. The number of nitrogens with zero attached hydrogens (tertiary/aromatic N) is 4. The summed E-state index contributed by atoms with van der Waals surface area (Å²) in [6.07, 6.45) is 1.14. The zero-order chi connectivity index (χ0) is 39.5. The lowest BCUT2D eigenvalue weighted by Gasteiger charge is -2.04. The van der Waals surface area contributed by atoms with Gasteiger partial charge in [-0.3, -0.25) is 20.7 Å². The van der Waals surface area contributed by atoms with Gasteiger partial charge < -0.3 is 35.3 Å². The van der Waals surface area contributed by atoms with E-state index in [0.29, 0.717) is 30.1 Å². The van der Waals surface area contributed by atoms with Crippen molar-refractivity contribution in [1.82, 2.24) is 30.6 Å². The highest BCUT2D eigenvalue weighted by molar-refractivity contribution is 5.85. The van der Waals surface area contributed by atoms with Crippen molar-refractivity contribution in [2.45, 2.75) is 33.6 Å². The molecule has 0 unspecified atom stereocenters. The molecule has 0 bridgehead atoms. The van der Waals surface area contributed by atoms with Gasteiger partial charge in [-0.05, 0) is 62.4 Å². The third kappa shape index (κ3) is 14.0. The first kappa shape index (κ1) is 44.6. The average Bonchev–Trinajstić information content (AvgIpc) is 3.97. The van der Waals surface area contributed by atoms with Gasteiger partial charge in [0.2, 0.25) is 0 Å². The summed E-state index contributed by atoms with van der Waals surface area (Å²) >= 11 is 0. The summed E-state index contributed by atoms with van der Waals surface area (Å²) in [5, 5.41) is 46.8. The van der Waals surface area contributed by atoms with Gasteiger partial charge in [0.1, 0.15) is 23.1 Å².